The minimum absolute atomic E-state index is 0.0373. The Morgan fingerprint density at radius 1 is 1.16 bits per heavy atom. The third-order valence-electron chi connectivity index (χ3n) is 3.06. The summed E-state index contributed by atoms with van der Waals surface area (Å²) in [5, 5.41) is 9.18. The van der Waals surface area contributed by atoms with E-state index in [0.29, 0.717) is 5.56 Å². The highest BCUT2D eigenvalue weighted by atomic mass is 32.2. The molecular formula is C11H15NO5S2. The van der Waals surface area contributed by atoms with Crippen molar-refractivity contribution in [2.75, 3.05) is 24.6 Å². The van der Waals surface area contributed by atoms with Gasteiger partial charge in [0.15, 0.2) is 9.84 Å². The van der Waals surface area contributed by atoms with E-state index in [1.54, 1.807) is 12.1 Å². The topological polar surface area (TPSA) is 91.8 Å². The molecule has 19 heavy (non-hydrogen) atoms. The predicted molar refractivity (Wildman–Crippen MR) is 69.8 cm³/mol. The summed E-state index contributed by atoms with van der Waals surface area (Å²) in [5.41, 5.74) is 0.316. The smallest absolute Gasteiger partial charge is 0.243 e. The fraction of sp³-hybridized carbons (Fsp3) is 0.455. The molecule has 106 valence electrons. The van der Waals surface area contributed by atoms with E-state index >= 15 is 0 Å². The van der Waals surface area contributed by atoms with Crippen LogP contribution in [0.1, 0.15) is 5.56 Å². The molecule has 1 aliphatic rings. The van der Waals surface area contributed by atoms with Crippen LogP contribution in [-0.4, -0.2) is 50.8 Å². The van der Waals surface area contributed by atoms with Crippen molar-refractivity contribution in [2.24, 2.45) is 0 Å². The van der Waals surface area contributed by atoms with E-state index < -0.39 is 19.9 Å². The number of rotatable bonds is 3. The fourth-order valence-electron chi connectivity index (χ4n) is 1.96. The maximum Gasteiger partial charge on any atom is 0.243 e. The van der Waals surface area contributed by atoms with Crippen LogP contribution in [0, 0.1) is 0 Å². The minimum atomic E-state index is -3.75. The lowest BCUT2D eigenvalue weighted by molar-refractivity contribution is 0.278. The van der Waals surface area contributed by atoms with Gasteiger partial charge in [0.25, 0.3) is 0 Å². The first-order valence-electron chi connectivity index (χ1n) is 5.76. The minimum Gasteiger partial charge on any atom is -0.392 e. The van der Waals surface area contributed by atoms with Crippen molar-refractivity contribution in [1.29, 1.82) is 0 Å². The number of aliphatic hydroxyl groups is 1. The number of sulfone groups is 1. The largest absolute Gasteiger partial charge is 0.392 e. The van der Waals surface area contributed by atoms with Crippen LogP contribution in [0.25, 0.3) is 0 Å². The van der Waals surface area contributed by atoms with Crippen LogP contribution in [0.15, 0.2) is 29.2 Å². The molecule has 1 saturated heterocycles. The van der Waals surface area contributed by atoms with Crippen LogP contribution >= 0.6 is 0 Å². The summed E-state index contributed by atoms with van der Waals surface area (Å²) in [5.74, 6) is -0.318. The molecule has 1 fully saturated rings. The lowest BCUT2D eigenvalue weighted by atomic mass is 10.2. The first kappa shape index (κ1) is 14.4. The highest BCUT2D eigenvalue weighted by Crippen LogP contribution is 2.21. The first-order valence-corrected chi connectivity index (χ1v) is 9.02. The van der Waals surface area contributed by atoms with Crippen LogP contribution in [0.3, 0.4) is 0 Å². The SMILES string of the molecule is O=S1(=O)CCN(S(=O)(=O)c2ccccc2CO)CC1. The van der Waals surface area contributed by atoms with Crippen molar-refractivity contribution in [2.45, 2.75) is 11.5 Å². The summed E-state index contributed by atoms with van der Waals surface area (Å²) in [6.45, 7) is -0.448. The monoisotopic (exact) mass is 305 g/mol. The Hall–Kier alpha value is -0.960. The molecule has 0 unspecified atom stereocenters. The summed E-state index contributed by atoms with van der Waals surface area (Å²) in [4.78, 5) is 0.0387. The van der Waals surface area contributed by atoms with Gasteiger partial charge in [-0.2, -0.15) is 4.31 Å². The van der Waals surface area contributed by atoms with Crippen molar-refractivity contribution in [1.82, 2.24) is 4.31 Å². The van der Waals surface area contributed by atoms with E-state index in [4.69, 9.17) is 0 Å². The summed E-state index contributed by atoms with van der Waals surface area (Å²) < 4.78 is 48.6. The molecule has 0 radical (unpaired) electrons. The fourth-order valence-corrected chi connectivity index (χ4v) is 5.05. The van der Waals surface area contributed by atoms with E-state index in [1.807, 2.05) is 0 Å². The Bertz CT molecular complexity index is 652. The second-order valence-electron chi connectivity index (χ2n) is 4.32. The number of hydrogen-bond acceptors (Lipinski definition) is 5. The van der Waals surface area contributed by atoms with Crippen LogP contribution in [0.2, 0.25) is 0 Å². The second kappa shape index (κ2) is 5.20. The van der Waals surface area contributed by atoms with Gasteiger partial charge in [0.05, 0.1) is 23.0 Å². The second-order valence-corrected chi connectivity index (χ2v) is 8.53. The molecule has 8 heteroatoms. The maximum atomic E-state index is 12.4. The van der Waals surface area contributed by atoms with Gasteiger partial charge in [-0.25, -0.2) is 16.8 Å². The zero-order chi connectivity index (χ0) is 14.1. The van der Waals surface area contributed by atoms with Crippen molar-refractivity contribution < 1.29 is 21.9 Å². The van der Waals surface area contributed by atoms with Gasteiger partial charge < -0.3 is 5.11 Å². The molecule has 6 nitrogen and oxygen atoms in total. The van der Waals surface area contributed by atoms with Gasteiger partial charge in [-0.05, 0) is 11.6 Å². The number of nitrogens with zero attached hydrogens (tertiary/aromatic N) is 1. The van der Waals surface area contributed by atoms with E-state index in [9.17, 15) is 21.9 Å². The molecule has 1 heterocycles. The van der Waals surface area contributed by atoms with Crippen molar-refractivity contribution in [3.8, 4) is 0 Å². The van der Waals surface area contributed by atoms with Gasteiger partial charge in [-0.3, -0.25) is 0 Å². The molecule has 1 aromatic carbocycles. The molecule has 0 bridgehead atoms. The van der Waals surface area contributed by atoms with Gasteiger partial charge in [-0.15, -0.1) is 0 Å². The highest BCUT2D eigenvalue weighted by molar-refractivity contribution is 7.92. The first-order chi connectivity index (χ1) is 8.87. The molecule has 0 aliphatic carbocycles. The predicted octanol–water partition coefficient (Wildman–Crippen LogP) is -0.402. The van der Waals surface area contributed by atoms with Gasteiger partial charge in [-0.1, -0.05) is 18.2 Å². The van der Waals surface area contributed by atoms with E-state index in [0.717, 1.165) is 4.31 Å². The number of aliphatic hydroxyl groups excluding tert-OH is 1. The van der Waals surface area contributed by atoms with E-state index in [2.05, 4.69) is 0 Å². The quantitative estimate of drug-likeness (QED) is 0.820. The van der Waals surface area contributed by atoms with Crippen LogP contribution in [0.4, 0.5) is 0 Å². The van der Waals surface area contributed by atoms with Gasteiger partial charge in [0.1, 0.15) is 0 Å². The zero-order valence-corrected chi connectivity index (χ0v) is 11.8. The molecule has 0 saturated carbocycles. The Kier molecular flexibility index (Phi) is 3.95. The van der Waals surface area contributed by atoms with Gasteiger partial charge in [0, 0.05) is 13.1 Å². The molecule has 1 aliphatic heterocycles. The van der Waals surface area contributed by atoms with Crippen molar-refractivity contribution in [3.63, 3.8) is 0 Å². The maximum absolute atomic E-state index is 12.4. The molecule has 0 spiro atoms. The molecule has 1 aromatic rings. The van der Waals surface area contributed by atoms with E-state index in [-0.39, 0.29) is 36.1 Å². The van der Waals surface area contributed by atoms with Crippen LogP contribution in [0.5, 0.6) is 0 Å². The summed E-state index contributed by atoms with van der Waals surface area (Å²) in [6, 6.07) is 6.18. The summed E-state index contributed by atoms with van der Waals surface area (Å²) in [7, 11) is -6.88. The third kappa shape index (κ3) is 2.97. The Morgan fingerprint density at radius 2 is 1.74 bits per heavy atom. The van der Waals surface area contributed by atoms with Gasteiger partial charge in [0.2, 0.25) is 10.0 Å². The lowest BCUT2D eigenvalue weighted by Gasteiger charge is -2.26. The normalized spacial score (nSPS) is 20.3. The van der Waals surface area contributed by atoms with Crippen LogP contribution in [-0.2, 0) is 26.5 Å². The molecular weight excluding hydrogens is 290 g/mol. The van der Waals surface area contributed by atoms with Gasteiger partial charge >= 0.3 is 0 Å². The number of hydrogen-bond donors (Lipinski definition) is 1. The van der Waals surface area contributed by atoms with Crippen molar-refractivity contribution in [3.05, 3.63) is 29.8 Å². The third-order valence-corrected chi connectivity index (χ3v) is 6.67. The standard InChI is InChI=1S/C11H15NO5S2/c13-9-10-3-1-2-4-11(10)19(16,17)12-5-7-18(14,15)8-6-12/h1-4,13H,5-9H2. The zero-order valence-electron chi connectivity index (χ0n) is 10.2. The summed E-state index contributed by atoms with van der Waals surface area (Å²) >= 11 is 0. The molecule has 0 aromatic heterocycles. The summed E-state index contributed by atoms with van der Waals surface area (Å²) in [6.07, 6.45) is 0. The Labute approximate surface area is 112 Å². The average Bonchev–Trinajstić information content (AvgIpc) is 2.38. The lowest BCUT2D eigenvalue weighted by Crippen LogP contribution is -2.43. The molecule has 0 atom stereocenters. The Balaban J connectivity index is 2.33. The number of sulfonamides is 1. The Morgan fingerprint density at radius 3 is 2.32 bits per heavy atom. The number of benzene rings is 1. The van der Waals surface area contributed by atoms with Crippen molar-refractivity contribution >= 4 is 19.9 Å². The van der Waals surface area contributed by atoms with E-state index in [1.165, 1.54) is 12.1 Å². The average molecular weight is 305 g/mol. The highest BCUT2D eigenvalue weighted by Gasteiger charge is 2.32. The van der Waals surface area contributed by atoms with Crippen LogP contribution < -0.4 is 0 Å². The molecule has 2 rings (SSSR count). The molecule has 0 amide bonds. The molecule has 1 N–H and O–H groups in total.